The van der Waals surface area contributed by atoms with Gasteiger partial charge in [-0.15, -0.1) is 0 Å². The molecule has 1 aromatic carbocycles. The quantitative estimate of drug-likeness (QED) is 0.882. The molecule has 2 aromatic rings. The summed E-state index contributed by atoms with van der Waals surface area (Å²) in [5.41, 5.74) is 1.08. The lowest BCUT2D eigenvalue weighted by Gasteiger charge is -2.17. The Morgan fingerprint density at radius 3 is 2.43 bits per heavy atom. The van der Waals surface area contributed by atoms with Crippen LogP contribution in [0, 0.1) is 0 Å². The number of hydrogen-bond acceptors (Lipinski definition) is 4. The van der Waals surface area contributed by atoms with E-state index in [1.165, 1.54) is 6.26 Å². The molecule has 2 rings (SSSR count). The van der Waals surface area contributed by atoms with Gasteiger partial charge in [-0.2, -0.15) is 0 Å². The molecule has 114 valence electrons. The third kappa shape index (κ3) is 3.92. The van der Waals surface area contributed by atoms with Gasteiger partial charge in [-0.3, -0.25) is 0 Å². The molecular weight excluding hydrogens is 286 g/mol. The molecule has 1 atom stereocenters. The van der Waals surface area contributed by atoms with E-state index in [4.69, 9.17) is 0 Å². The summed E-state index contributed by atoms with van der Waals surface area (Å²) in [6, 6.07) is 7.24. The second kappa shape index (κ2) is 6.41. The van der Waals surface area contributed by atoms with Crippen LogP contribution in [-0.2, 0) is 23.3 Å². The first-order chi connectivity index (χ1) is 9.91. The Balaban J connectivity index is 2.09. The van der Waals surface area contributed by atoms with Gasteiger partial charge >= 0.3 is 0 Å². The first-order valence-electron chi connectivity index (χ1n) is 6.85. The number of hydrogen-bond donors (Lipinski definition) is 1. The largest absolute Gasteiger partial charge is 0.338 e. The Morgan fingerprint density at radius 1 is 1.29 bits per heavy atom. The van der Waals surface area contributed by atoms with E-state index < -0.39 is 9.84 Å². The molecular formula is C15H21N3O2S. The van der Waals surface area contributed by atoms with Gasteiger partial charge in [0.1, 0.15) is 5.82 Å². The summed E-state index contributed by atoms with van der Waals surface area (Å²) in [6.45, 7) is 0. The number of benzene rings is 1. The summed E-state index contributed by atoms with van der Waals surface area (Å²) in [4.78, 5) is 4.67. The predicted octanol–water partition coefficient (Wildman–Crippen LogP) is 1.72. The van der Waals surface area contributed by atoms with Crippen molar-refractivity contribution < 1.29 is 8.42 Å². The minimum atomic E-state index is -3.14. The van der Waals surface area contributed by atoms with Crippen molar-refractivity contribution in [3.8, 4) is 0 Å². The predicted molar refractivity (Wildman–Crippen MR) is 82.9 cm³/mol. The third-order valence-electron chi connectivity index (χ3n) is 3.64. The highest BCUT2D eigenvalue weighted by Gasteiger charge is 2.13. The second-order valence-corrected chi connectivity index (χ2v) is 7.19. The highest BCUT2D eigenvalue weighted by Crippen LogP contribution is 2.20. The number of aryl methyl sites for hydroxylation is 2. The van der Waals surface area contributed by atoms with Gasteiger partial charge in [-0.1, -0.05) is 12.1 Å². The number of imidazole rings is 1. The Labute approximate surface area is 125 Å². The van der Waals surface area contributed by atoms with E-state index >= 15 is 0 Å². The topological polar surface area (TPSA) is 64.0 Å². The van der Waals surface area contributed by atoms with E-state index in [-0.39, 0.29) is 6.04 Å². The molecule has 5 nitrogen and oxygen atoms in total. The average molecular weight is 307 g/mol. The van der Waals surface area contributed by atoms with Crippen LogP contribution in [0.25, 0.3) is 0 Å². The Kier molecular flexibility index (Phi) is 4.80. The SMILES string of the molecule is CNC(CCc1nccn1C)c1ccc(S(C)(=O)=O)cc1. The van der Waals surface area contributed by atoms with Gasteiger partial charge in [0.05, 0.1) is 4.90 Å². The molecule has 6 heteroatoms. The third-order valence-corrected chi connectivity index (χ3v) is 4.77. The van der Waals surface area contributed by atoms with Gasteiger partial charge in [0.2, 0.25) is 0 Å². The molecule has 1 aromatic heterocycles. The lowest BCUT2D eigenvalue weighted by atomic mass is 10.0. The fraction of sp³-hybridized carbons (Fsp3) is 0.400. The standard InChI is InChI=1S/C15H21N3O2S/c1-16-14(8-9-15-17-10-11-18(15)2)12-4-6-13(7-5-12)21(3,19)20/h4-7,10-11,14,16H,8-9H2,1-3H3. The lowest BCUT2D eigenvalue weighted by Crippen LogP contribution is -2.18. The molecule has 0 radical (unpaired) electrons. The normalized spacial score (nSPS) is 13.3. The van der Waals surface area contributed by atoms with Crippen LogP contribution >= 0.6 is 0 Å². The molecule has 0 aliphatic carbocycles. The van der Waals surface area contributed by atoms with Crippen LogP contribution in [0.1, 0.15) is 23.9 Å². The number of rotatable bonds is 6. The second-order valence-electron chi connectivity index (χ2n) is 5.18. The van der Waals surface area contributed by atoms with E-state index in [0.717, 1.165) is 24.2 Å². The summed E-state index contributed by atoms with van der Waals surface area (Å²) in [5.74, 6) is 1.04. The summed E-state index contributed by atoms with van der Waals surface area (Å²) in [6.07, 6.45) is 6.72. The van der Waals surface area contributed by atoms with E-state index in [1.807, 2.05) is 37.0 Å². The van der Waals surface area contributed by atoms with Crippen molar-refractivity contribution in [3.63, 3.8) is 0 Å². The molecule has 1 unspecified atom stereocenters. The van der Waals surface area contributed by atoms with Crippen molar-refractivity contribution in [2.45, 2.75) is 23.8 Å². The molecule has 1 N–H and O–H groups in total. The van der Waals surface area contributed by atoms with Gasteiger partial charge in [0.25, 0.3) is 0 Å². The summed E-state index contributed by atoms with van der Waals surface area (Å²) in [7, 11) is 0.755. The zero-order valence-corrected chi connectivity index (χ0v) is 13.4. The van der Waals surface area contributed by atoms with Gasteiger partial charge in [0.15, 0.2) is 9.84 Å². The molecule has 0 saturated heterocycles. The monoisotopic (exact) mass is 307 g/mol. The van der Waals surface area contributed by atoms with Crippen molar-refractivity contribution in [2.24, 2.45) is 7.05 Å². The highest BCUT2D eigenvalue weighted by atomic mass is 32.2. The zero-order valence-electron chi connectivity index (χ0n) is 12.6. The van der Waals surface area contributed by atoms with E-state index in [2.05, 4.69) is 10.3 Å². The van der Waals surface area contributed by atoms with Crippen LogP contribution in [-0.4, -0.2) is 31.3 Å². The first-order valence-corrected chi connectivity index (χ1v) is 8.74. The molecule has 0 saturated carbocycles. The van der Waals surface area contributed by atoms with Crippen molar-refractivity contribution in [1.82, 2.24) is 14.9 Å². The number of nitrogens with zero attached hydrogens (tertiary/aromatic N) is 2. The molecule has 0 aliphatic rings. The molecule has 0 spiro atoms. The van der Waals surface area contributed by atoms with Crippen LogP contribution in [0.15, 0.2) is 41.6 Å². The smallest absolute Gasteiger partial charge is 0.175 e. The molecule has 21 heavy (non-hydrogen) atoms. The highest BCUT2D eigenvalue weighted by molar-refractivity contribution is 7.90. The van der Waals surface area contributed by atoms with E-state index in [9.17, 15) is 8.42 Å². The fourth-order valence-electron chi connectivity index (χ4n) is 2.34. The maximum atomic E-state index is 11.5. The molecule has 0 bridgehead atoms. The summed E-state index contributed by atoms with van der Waals surface area (Å²) < 4.78 is 25.0. The Morgan fingerprint density at radius 2 is 1.95 bits per heavy atom. The fourth-order valence-corrected chi connectivity index (χ4v) is 2.97. The molecule has 0 amide bonds. The minimum absolute atomic E-state index is 0.176. The van der Waals surface area contributed by atoms with Crippen molar-refractivity contribution >= 4 is 9.84 Å². The summed E-state index contributed by atoms with van der Waals surface area (Å²) in [5, 5.41) is 3.27. The van der Waals surface area contributed by atoms with Crippen LogP contribution in [0.4, 0.5) is 0 Å². The van der Waals surface area contributed by atoms with Gasteiger partial charge in [0, 0.05) is 38.2 Å². The van der Waals surface area contributed by atoms with Gasteiger partial charge in [-0.05, 0) is 31.2 Å². The first kappa shape index (κ1) is 15.7. The van der Waals surface area contributed by atoms with Crippen molar-refractivity contribution in [3.05, 3.63) is 48.0 Å². The van der Waals surface area contributed by atoms with Crippen LogP contribution < -0.4 is 5.32 Å². The maximum absolute atomic E-state index is 11.5. The number of nitrogens with one attached hydrogen (secondary N) is 1. The number of aromatic nitrogens is 2. The summed E-state index contributed by atoms with van der Waals surface area (Å²) >= 11 is 0. The van der Waals surface area contributed by atoms with E-state index in [0.29, 0.717) is 4.90 Å². The van der Waals surface area contributed by atoms with Crippen molar-refractivity contribution in [1.29, 1.82) is 0 Å². The van der Waals surface area contributed by atoms with Gasteiger partial charge in [-0.25, -0.2) is 13.4 Å². The molecule has 0 aliphatic heterocycles. The van der Waals surface area contributed by atoms with Crippen molar-refractivity contribution in [2.75, 3.05) is 13.3 Å². The zero-order chi connectivity index (χ0) is 15.5. The van der Waals surface area contributed by atoms with Crippen LogP contribution in [0.5, 0.6) is 0 Å². The van der Waals surface area contributed by atoms with Crippen LogP contribution in [0.2, 0.25) is 0 Å². The molecule has 0 fully saturated rings. The lowest BCUT2D eigenvalue weighted by molar-refractivity contribution is 0.535. The van der Waals surface area contributed by atoms with Gasteiger partial charge < -0.3 is 9.88 Å². The number of sulfone groups is 1. The maximum Gasteiger partial charge on any atom is 0.175 e. The Bertz CT molecular complexity index is 690. The molecule has 1 heterocycles. The van der Waals surface area contributed by atoms with Crippen LogP contribution in [0.3, 0.4) is 0 Å². The average Bonchev–Trinajstić information content (AvgIpc) is 2.85. The van der Waals surface area contributed by atoms with E-state index in [1.54, 1.807) is 18.3 Å². The minimum Gasteiger partial charge on any atom is -0.338 e. The Hall–Kier alpha value is -1.66.